The molecule has 0 saturated carbocycles. The number of hydrogen-bond donors (Lipinski definition) is 1. The van der Waals surface area contributed by atoms with Crippen molar-refractivity contribution < 1.29 is 9.05 Å². The number of para-hydroxylation sites is 1. The summed E-state index contributed by atoms with van der Waals surface area (Å²) in [7, 11) is -1.19. The van der Waals surface area contributed by atoms with Crippen molar-refractivity contribution in [2.45, 2.75) is 6.42 Å². The normalized spacial score (nSPS) is 12.8. The molecule has 0 N–H and O–H groups in total. The summed E-state index contributed by atoms with van der Waals surface area (Å²) in [5.74, 6) is 0.768. The van der Waals surface area contributed by atoms with Gasteiger partial charge in [0.25, 0.3) is 7.58 Å². The lowest BCUT2D eigenvalue weighted by atomic mass is 10.2. The van der Waals surface area contributed by atoms with E-state index in [4.69, 9.17) is 9.05 Å². The van der Waals surface area contributed by atoms with Crippen LogP contribution < -0.4 is 4.52 Å². The third kappa shape index (κ3) is 6.06. The Bertz CT molecular complexity index is 404. The van der Waals surface area contributed by atoms with Gasteiger partial charge in [-0.1, -0.05) is 61.8 Å². The minimum Gasteiger partial charge on any atom is -0.440 e. The van der Waals surface area contributed by atoms with Crippen molar-refractivity contribution in [2.24, 2.45) is 0 Å². The summed E-state index contributed by atoms with van der Waals surface area (Å²) >= 11 is 4.28. The van der Waals surface area contributed by atoms with E-state index in [-0.39, 0.29) is 0 Å². The molecule has 1 atom stereocenters. The van der Waals surface area contributed by atoms with Crippen molar-refractivity contribution in [3.05, 3.63) is 67.3 Å². The average Bonchev–Trinajstić information content (AvgIpc) is 2.39. The van der Waals surface area contributed by atoms with Gasteiger partial charge >= 0.3 is 0 Å². The quantitative estimate of drug-likeness (QED) is 0.413. The molecule has 0 aliphatic heterocycles. The van der Waals surface area contributed by atoms with E-state index in [0.29, 0.717) is 6.61 Å². The maximum Gasteiger partial charge on any atom is 0.295 e. The SMILES string of the molecule is C=C/C=C(\C=C)CCOP(S)Oc1ccccc1. The molecule has 0 aromatic heterocycles. The van der Waals surface area contributed by atoms with Gasteiger partial charge in [-0.15, -0.1) is 0 Å². The standard InChI is InChI=1S/C14H17O2PS/c1-3-8-13(4-2)11-12-15-17(18)16-14-9-6-5-7-10-14/h3-10,18H,1-2,11-12H2/b13-8+. The minimum atomic E-state index is -1.19. The Balaban J connectivity index is 2.29. The van der Waals surface area contributed by atoms with Crippen molar-refractivity contribution in [3.8, 4) is 5.75 Å². The van der Waals surface area contributed by atoms with Crippen LogP contribution in [0.3, 0.4) is 0 Å². The number of rotatable bonds is 8. The van der Waals surface area contributed by atoms with Crippen molar-refractivity contribution >= 4 is 19.8 Å². The highest BCUT2D eigenvalue weighted by Gasteiger charge is 2.06. The maximum absolute atomic E-state index is 5.53. The molecule has 0 fully saturated rings. The molecule has 1 aromatic carbocycles. The van der Waals surface area contributed by atoms with E-state index in [2.05, 4.69) is 25.4 Å². The molecule has 0 radical (unpaired) electrons. The largest absolute Gasteiger partial charge is 0.440 e. The van der Waals surface area contributed by atoms with Crippen LogP contribution in [0.15, 0.2) is 67.3 Å². The van der Waals surface area contributed by atoms with Crippen molar-refractivity contribution in [1.82, 2.24) is 0 Å². The molecule has 2 nitrogen and oxygen atoms in total. The second-order valence-corrected chi connectivity index (χ2v) is 5.30. The summed E-state index contributed by atoms with van der Waals surface area (Å²) in [6, 6.07) is 9.51. The average molecular weight is 280 g/mol. The Morgan fingerprint density at radius 2 is 2.00 bits per heavy atom. The van der Waals surface area contributed by atoms with Gasteiger partial charge < -0.3 is 9.05 Å². The van der Waals surface area contributed by atoms with Crippen molar-refractivity contribution in [3.63, 3.8) is 0 Å². The lowest BCUT2D eigenvalue weighted by Crippen LogP contribution is -1.93. The van der Waals surface area contributed by atoms with Crippen molar-refractivity contribution in [1.29, 1.82) is 0 Å². The van der Waals surface area contributed by atoms with Gasteiger partial charge in [-0.05, 0) is 24.1 Å². The van der Waals surface area contributed by atoms with E-state index in [9.17, 15) is 0 Å². The molecule has 96 valence electrons. The number of allylic oxidation sites excluding steroid dienone is 3. The van der Waals surface area contributed by atoms with Gasteiger partial charge in [-0.25, -0.2) is 0 Å². The smallest absolute Gasteiger partial charge is 0.295 e. The van der Waals surface area contributed by atoms with Gasteiger partial charge in [0.05, 0.1) is 6.61 Å². The molecule has 0 amide bonds. The van der Waals surface area contributed by atoms with E-state index >= 15 is 0 Å². The number of thiol groups is 1. The third-order valence-corrected chi connectivity index (χ3v) is 3.48. The highest BCUT2D eigenvalue weighted by molar-refractivity contribution is 8.42. The molecule has 0 aliphatic carbocycles. The van der Waals surface area contributed by atoms with Crippen LogP contribution in [-0.4, -0.2) is 6.61 Å². The van der Waals surface area contributed by atoms with Crippen LogP contribution in [0.1, 0.15) is 6.42 Å². The van der Waals surface area contributed by atoms with Crippen LogP contribution in [0.25, 0.3) is 0 Å². The van der Waals surface area contributed by atoms with Crippen LogP contribution in [0.5, 0.6) is 5.75 Å². The molecule has 0 saturated heterocycles. The first-order valence-corrected chi connectivity index (χ1v) is 7.88. The minimum absolute atomic E-state index is 0.549. The zero-order valence-corrected chi connectivity index (χ0v) is 11.9. The Hall–Kier alpha value is -1.02. The van der Waals surface area contributed by atoms with Gasteiger partial charge in [-0.2, -0.15) is 0 Å². The molecule has 1 rings (SSSR count). The highest BCUT2D eigenvalue weighted by Crippen LogP contribution is 2.43. The fraction of sp³-hybridized carbons (Fsp3) is 0.143. The second-order valence-electron chi connectivity index (χ2n) is 3.41. The lowest BCUT2D eigenvalue weighted by molar-refractivity contribution is 0.330. The van der Waals surface area contributed by atoms with E-state index in [1.165, 1.54) is 0 Å². The second kappa shape index (κ2) is 8.98. The molecule has 0 spiro atoms. The van der Waals surface area contributed by atoms with Crippen LogP contribution in [0.4, 0.5) is 0 Å². The molecule has 1 unspecified atom stereocenters. The zero-order valence-electron chi connectivity index (χ0n) is 10.2. The Labute approximate surface area is 115 Å². The monoisotopic (exact) mass is 280 g/mol. The van der Waals surface area contributed by atoms with Crippen LogP contribution in [0.2, 0.25) is 0 Å². The molecule has 4 heteroatoms. The van der Waals surface area contributed by atoms with Gasteiger partial charge in [0.15, 0.2) is 0 Å². The third-order valence-electron chi connectivity index (χ3n) is 2.11. The molecule has 1 aromatic rings. The molecule has 0 heterocycles. The molecule has 18 heavy (non-hydrogen) atoms. The van der Waals surface area contributed by atoms with Gasteiger partial charge in [0.2, 0.25) is 0 Å². The van der Waals surface area contributed by atoms with Gasteiger partial charge in [-0.3, -0.25) is 0 Å². The first-order valence-electron chi connectivity index (χ1n) is 5.55. The molecular weight excluding hydrogens is 263 g/mol. The van der Waals surface area contributed by atoms with Crippen LogP contribution in [0, 0.1) is 0 Å². The number of benzene rings is 1. The first-order chi connectivity index (χ1) is 8.76. The summed E-state index contributed by atoms with van der Waals surface area (Å²) in [6.07, 6.45) is 6.22. The summed E-state index contributed by atoms with van der Waals surface area (Å²) in [5, 5.41) is 0. The summed E-state index contributed by atoms with van der Waals surface area (Å²) < 4.78 is 11.0. The van der Waals surface area contributed by atoms with Crippen molar-refractivity contribution in [2.75, 3.05) is 6.61 Å². The van der Waals surface area contributed by atoms with Crippen LogP contribution >= 0.6 is 19.8 Å². The summed E-state index contributed by atoms with van der Waals surface area (Å²) in [6.45, 7) is 7.92. The van der Waals surface area contributed by atoms with Crippen LogP contribution in [-0.2, 0) is 4.52 Å². The maximum atomic E-state index is 5.53. The van der Waals surface area contributed by atoms with E-state index in [1.54, 1.807) is 12.2 Å². The molecule has 0 bridgehead atoms. The summed E-state index contributed by atoms with van der Waals surface area (Å²) in [4.78, 5) is 0. The van der Waals surface area contributed by atoms with E-state index < -0.39 is 7.58 Å². The van der Waals surface area contributed by atoms with E-state index in [0.717, 1.165) is 17.7 Å². The Kier molecular flexibility index (Phi) is 7.51. The Morgan fingerprint density at radius 1 is 1.28 bits per heavy atom. The predicted molar refractivity (Wildman–Crippen MR) is 82.0 cm³/mol. The fourth-order valence-electron chi connectivity index (χ4n) is 1.24. The zero-order chi connectivity index (χ0) is 13.2. The topological polar surface area (TPSA) is 18.5 Å². The summed E-state index contributed by atoms with van der Waals surface area (Å²) in [5.41, 5.74) is 1.08. The highest BCUT2D eigenvalue weighted by atomic mass is 32.7. The predicted octanol–water partition coefficient (Wildman–Crippen LogP) is 4.93. The van der Waals surface area contributed by atoms with E-state index in [1.807, 2.05) is 36.4 Å². The van der Waals surface area contributed by atoms with Gasteiger partial charge in [0, 0.05) is 0 Å². The Morgan fingerprint density at radius 3 is 2.61 bits per heavy atom. The lowest BCUT2D eigenvalue weighted by Gasteiger charge is -2.12. The first kappa shape index (κ1) is 15.0. The fourth-order valence-corrected chi connectivity index (χ4v) is 2.37. The van der Waals surface area contributed by atoms with Gasteiger partial charge in [0.1, 0.15) is 5.75 Å². The number of hydrogen-bond acceptors (Lipinski definition) is 3. The molecular formula is C14H17O2PS. The molecule has 0 aliphatic rings.